The van der Waals surface area contributed by atoms with E-state index in [0.29, 0.717) is 28.9 Å². The summed E-state index contributed by atoms with van der Waals surface area (Å²) < 4.78 is 16.8. The van der Waals surface area contributed by atoms with E-state index in [1.807, 2.05) is 62.4 Å². The van der Waals surface area contributed by atoms with E-state index in [9.17, 15) is 4.79 Å². The third-order valence-corrected chi connectivity index (χ3v) is 5.15. The predicted molar refractivity (Wildman–Crippen MR) is 126 cm³/mol. The Morgan fingerprint density at radius 1 is 1.00 bits per heavy atom. The second kappa shape index (κ2) is 11.2. The molecule has 1 N–H and O–H groups in total. The fourth-order valence-corrected chi connectivity index (χ4v) is 3.01. The topological polar surface area (TPSA) is 69.2 Å². The van der Waals surface area contributed by atoms with Crippen LogP contribution >= 0.6 is 11.6 Å². The van der Waals surface area contributed by atoms with E-state index >= 15 is 0 Å². The van der Waals surface area contributed by atoms with Gasteiger partial charge in [-0.05, 0) is 66.9 Å². The number of methoxy groups -OCH3 is 1. The van der Waals surface area contributed by atoms with Crippen LogP contribution in [0.1, 0.15) is 22.3 Å². The Labute approximate surface area is 192 Å². The molecule has 3 aromatic carbocycles. The summed E-state index contributed by atoms with van der Waals surface area (Å²) in [6, 6.07) is 18.5. The Morgan fingerprint density at radius 2 is 1.81 bits per heavy atom. The standard InChI is InChI=1S/C25H25ClN2O4/c1-17-8-10-21(12-18(17)2)31-16-25(29)28-27-14-19-9-11-23(24(13-19)30-3)32-15-20-6-4-5-7-22(20)26/h4-14H,15-16H2,1-3H3,(H,28,29)/b27-14+. The van der Waals surface area contributed by atoms with Gasteiger partial charge >= 0.3 is 0 Å². The van der Waals surface area contributed by atoms with Crippen LogP contribution in [0, 0.1) is 13.8 Å². The molecule has 0 atom stereocenters. The molecule has 166 valence electrons. The number of halogens is 1. The van der Waals surface area contributed by atoms with Crippen molar-refractivity contribution in [3.8, 4) is 17.2 Å². The number of carbonyl (C=O) groups excluding carboxylic acids is 1. The number of hydrogen-bond donors (Lipinski definition) is 1. The number of aryl methyl sites for hydroxylation is 2. The normalized spacial score (nSPS) is 10.8. The molecule has 0 saturated carbocycles. The van der Waals surface area contributed by atoms with Gasteiger partial charge in [0.05, 0.1) is 13.3 Å². The van der Waals surface area contributed by atoms with Crippen LogP contribution in [0.25, 0.3) is 0 Å². The van der Waals surface area contributed by atoms with Gasteiger partial charge in [-0.25, -0.2) is 5.43 Å². The lowest BCUT2D eigenvalue weighted by Gasteiger charge is -2.12. The summed E-state index contributed by atoms with van der Waals surface area (Å²) in [4.78, 5) is 12.0. The third kappa shape index (κ3) is 6.49. The van der Waals surface area contributed by atoms with Gasteiger partial charge in [-0.15, -0.1) is 0 Å². The lowest BCUT2D eigenvalue weighted by molar-refractivity contribution is -0.123. The van der Waals surface area contributed by atoms with Crippen molar-refractivity contribution in [1.82, 2.24) is 5.43 Å². The highest BCUT2D eigenvalue weighted by Gasteiger charge is 2.08. The molecule has 0 radical (unpaired) electrons. The SMILES string of the molecule is COc1cc(/C=N/NC(=O)COc2ccc(C)c(C)c2)ccc1OCc1ccccc1Cl. The number of benzene rings is 3. The van der Waals surface area contributed by atoms with Crippen LogP contribution in [0.2, 0.25) is 5.02 Å². The van der Waals surface area contributed by atoms with Crippen molar-refractivity contribution in [2.75, 3.05) is 13.7 Å². The molecule has 0 aromatic heterocycles. The van der Waals surface area contributed by atoms with E-state index < -0.39 is 0 Å². The zero-order valence-electron chi connectivity index (χ0n) is 18.2. The Kier molecular flexibility index (Phi) is 8.11. The summed E-state index contributed by atoms with van der Waals surface area (Å²) in [5.41, 5.74) is 6.35. The molecule has 0 bridgehead atoms. The number of nitrogens with one attached hydrogen (secondary N) is 1. The number of carbonyl (C=O) groups is 1. The molecule has 32 heavy (non-hydrogen) atoms. The van der Waals surface area contributed by atoms with E-state index in [2.05, 4.69) is 10.5 Å². The van der Waals surface area contributed by atoms with Gasteiger partial charge in [0, 0.05) is 10.6 Å². The molecule has 0 saturated heterocycles. The van der Waals surface area contributed by atoms with Crippen LogP contribution in [-0.4, -0.2) is 25.8 Å². The molecule has 0 aliphatic heterocycles. The lowest BCUT2D eigenvalue weighted by Crippen LogP contribution is -2.24. The van der Waals surface area contributed by atoms with Crippen molar-refractivity contribution in [2.24, 2.45) is 5.10 Å². The number of hydrazone groups is 1. The van der Waals surface area contributed by atoms with Crippen LogP contribution < -0.4 is 19.6 Å². The first-order chi connectivity index (χ1) is 15.5. The molecular formula is C25H25ClN2O4. The molecule has 0 heterocycles. The number of hydrogen-bond acceptors (Lipinski definition) is 5. The minimum Gasteiger partial charge on any atom is -0.493 e. The Hall–Kier alpha value is -3.51. The fraction of sp³-hybridized carbons (Fsp3) is 0.200. The van der Waals surface area contributed by atoms with E-state index in [1.54, 1.807) is 19.2 Å². The van der Waals surface area contributed by atoms with Gasteiger partial charge in [0.15, 0.2) is 18.1 Å². The summed E-state index contributed by atoms with van der Waals surface area (Å²) in [6.45, 7) is 4.21. The Bertz CT molecular complexity index is 1110. The van der Waals surface area contributed by atoms with Gasteiger partial charge in [0.1, 0.15) is 12.4 Å². The smallest absolute Gasteiger partial charge is 0.277 e. The summed E-state index contributed by atoms with van der Waals surface area (Å²) in [5, 5.41) is 4.62. The largest absolute Gasteiger partial charge is 0.493 e. The van der Waals surface area contributed by atoms with Crippen molar-refractivity contribution >= 4 is 23.7 Å². The third-order valence-electron chi connectivity index (χ3n) is 4.78. The summed E-state index contributed by atoms with van der Waals surface area (Å²) in [5.74, 6) is 1.41. The molecule has 6 nitrogen and oxygen atoms in total. The van der Waals surface area contributed by atoms with E-state index in [4.69, 9.17) is 25.8 Å². The maximum Gasteiger partial charge on any atom is 0.277 e. The first kappa shape index (κ1) is 23.2. The summed E-state index contributed by atoms with van der Waals surface area (Å²) >= 11 is 6.17. The van der Waals surface area contributed by atoms with Gasteiger partial charge in [-0.1, -0.05) is 35.9 Å². The monoisotopic (exact) mass is 452 g/mol. The zero-order chi connectivity index (χ0) is 22.9. The lowest BCUT2D eigenvalue weighted by atomic mass is 10.1. The Balaban J connectivity index is 1.53. The highest BCUT2D eigenvalue weighted by Crippen LogP contribution is 2.29. The minimum atomic E-state index is -0.355. The van der Waals surface area contributed by atoms with E-state index in [1.165, 1.54) is 11.8 Å². The molecule has 0 spiro atoms. The second-order valence-corrected chi connectivity index (χ2v) is 7.53. The van der Waals surface area contributed by atoms with Crippen molar-refractivity contribution < 1.29 is 19.0 Å². The van der Waals surface area contributed by atoms with E-state index in [0.717, 1.165) is 16.7 Å². The van der Waals surface area contributed by atoms with Crippen LogP contribution in [0.15, 0.2) is 65.8 Å². The predicted octanol–water partition coefficient (Wildman–Crippen LogP) is 5.07. The number of ether oxygens (including phenoxy) is 3. The molecular weight excluding hydrogens is 428 g/mol. The highest BCUT2D eigenvalue weighted by atomic mass is 35.5. The van der Waals surface area contributed by atoms with Gasteiger partial charge in [0.2, 0.25) is 0 Å². The van der Waals surface area contributed by atoms with Crippen LogP contribution in [0.5, 0.6) is 17.2 Å². The molecule has 1 amide bonds. The summed E-state index contributed by atoms with van der Waals surface area (Å²) in [6.07, 6.45) is 1.52. The van der Waals surface area contributed by atoms with Gasteiger partial charge < -0.3 is 14.2 Å². The number of nitrogens with zero attached hydrogens (tertiary/aromatic N) is 1. The maximum absolute atomic E-state index is 12.0. The molecule has 3 rings (SSSR count). The van der Waals surface area contributed by atoms with Gasteiger partial charge in [-0.2, -0.15) is 5.10 Å². The summed E-state index contributed by atoms with van der Waals surface area (Å²) in [7, 11) is 1.56. The zero-order valence-corrected chi connectivity index (χ0v) is 19.0. The molecule has 7 heteroatoms. The van der Waals surface area contributed by atoms with Crippen molar-refractivity contribution in [3.05, 3.63) is 87.9 Å². The minimum absolute atomic E-state index is 0.127. The second-order valence-electron chi connectivity index (χ2n) is 7.12. The first-order valence-electron chi connectivity index (χ1n) is 10.0. The molecule has 0 aliphatic carbocycles. The number of rotatable bonds is 9. The quantitative estimate of drug-likeness (QED) is 0.363. The highest BCUT2D eigenvalue weighted by molar-refractivity contribution is 6.31. The average molecular weight is 453 g/mol. The molecule has 0 unspecified atom stereocenters. The average Bonchev–Trinajstić information content (AvgIpc) is 2.79. The fourth-order valence-electron chi connectivity index (χ4n) is 2.82. The van der Waals surface area contributed by atoms with Crippen LogP contribution in [-0.2, 0) is 11.4 Å². The van der Waals surface area contributed by atoms with Crippen LogP contribution in [0.3, 0.4) is 0 Å². The van der Waals surface area contributed by atoms with Gasteiger partial charge in [-0.3, -0.25) is 4.79 Å². The van der Waals surface area contributed by atoms with Crippen LogP contribution in [0.4, 0.5) is 0 Å². The van der Waals surface area contributed by atoms with Gasteiger partial charge in [0.25, 0.3) is 5.91 Å². The maximum atomic E-state index is 12.0. The Morgan fingerprint density at radius 3 is 2.56 bits per heavy atom. The molecule has 0 fully saturated rings. The van der Waals surface area contributed by atoms with Crippen molar-refractivity contribution in [3.63, 3.8) is 0 Å². The van der Waals surface area contributed by atoms with Crippen molar-refractivity contribution in [2.45, 2.75) is 20.5 Å². The first-order valence-corrected chi connectivity index (χ1v) is 10.4. The number of amides is 1. The molecule has 3 aromatic rings. The van der Waals surface area contributed by atoms with E-state index in [-0.39, 0.29) is 12.5 Å². The molecule has 0 aliphatic rings. The van der Waals surface area contributed by atoms with Crippen molar-refractivity contribution in [1.29, 1.82) is 0 Å².